The molecular formula is C14H15BrN2O. The molecule has 1 aromatic carbocycles. The van der Waals surface area contributed by atoms with Crippen LogP contribution in [0, 0.1) is 5.92 Å². The molecule has 2 aromatic rings. The van der Waals surface area contributed by atoms with Crippen molar-refractivity contribution in [3.63, 3.8) is 0 Å². The van der Waals surface area contributed by atoms with Crippen LogP contribution >= 0.6 is 15.9 Å². The number of oxazole rings is 1. The summed E-state index contributed by atoms with van der Waals surface area (Å²) in [6.07, 6.45) is 3.00. The van der Waals surface area contributed by atoms with E-state index in [2.05, 4.69) is 20.9 Å². The van der Waals surface area contributed by atoms with Crippen LogP contribution in [0.2, 0.25) is 0 Å². The van der Waals surface area contributed by atoms with E-state index in [1.54, 1.807) is 0 Å². The minimum atomic E-state index is 0.551. The molecule has 0 amide bonds. The lowest BCUT2D eigenvalue weighted by Crippen LogP contribution is -2.21. The number of halogens is 1. The molecule has 1 aliphatic carbocycles. The predicted octanol–water partition coefficient (Wildman–Crippen LogP) is 3.17. The molecule has 0 radical (unpaired) electrons. The van der Waals surface area contributed by atoms with Crippen molar-refractivity contribution in [1.82, 2.24) is 4.98 Å². The van der Waals surface area contributed by atoms with Gasteiger partial charge in [-0.1, -0.05) is 12.1 Å². The Morgan fingerprint density at radius 2 is 2.22 bits per heavy atom. The van der Waals surface area contributed by atoms with Crippen LogP contribution in [0.3, 0.4) is 0 Å². The molecule has 94 valence electrons. The monoisotopic (exact) mass is 306 g/mol. The van der Waals surface area contributed by atoms with Crippen LogP contribution in [0.25, 0.3) is 11.5 Å². The average Bonchev–Trinajstić information content (AvgIpc) is 2.81. The zero-order chi connectivity index (χ0) is 12.5. The second-order valence-electron chi connectivity index (χ2n) is 4.71. The maximum absolute atomic E-state index is 5.88. The van der Waals surface area contributed by atoms with Gasteiger partial charge in [0.2, 0.25) is 5.89 Å². The molecule has 4 heteroatoms. The first kappa shape index (κ1) is 11.9. The summed E-state index contributed by atoms with van der Waals surface area (Å²) in [6, 6.07) is 8.00. The van der Waals surface area contributed by atoms with Gasteiger partial charge < -0.3 is 10.2 Å². The summed E-state index contributed by atoms with van der Waals surface area (Å²) in [5.41, 5.74) is 7.83. The highest BCUT2D eigenvalue weighted by molar-refractivity contribution is 9.10. The van der Waals surface area contributed by atoms with Crippen LogP contribution in [0.4, 0.5) is 0 Å². The van der Waals surface area contributed by atoms with Gasteiger partial charge in [0.05, 0.1) is 11.3 Å². The van der Waals surface area contributed by atoms with Crippen molar-refractivity contribution in [2.45, 2.75) is 19.3 Å². The van der Waals surface area contributed by atoms with Gasteiger partial charge in [-0.15, -0.1) is 0 Å². The Morgan fingerprint density at radius 1 is 1.39 bits per heavy atom. The second kappa shape index (κ2) is 4.86. The van der Waals surface area contributed by atoms with Gasteiger partial charge in [0, 0.05) is 10.9 Å². The molecule has 0 fully saturated rings. The molecular weight excluding hydrogens is 292 g/mol. The maximum atomic E-state index is 5.88. The van der Waals surface area contributed by atoms with Crippen molar-refractivity contribution in [2.75, 3.05) is 6.54 Å². The third kappa shape index (κ3) is 2.10. The fourth-order valence-electron chi connectivity index (χ4n) is 2.40. The summed E-state index contributed by atoms with van der Waals surface area (Å²) in [4.78, 5) is 4.63. The van der Waals surface area contributed by atoms with Crippen molar-refractivity contribution in [3.05, 3.63) is 40.2 Å². The van der Waals surface area contributed by atoms with Crippen molar-refractivity contribution in [1.29, 1.82) is 0 Å². The smallest absolute Gasteiger partial charge is 0.227 e. The Balaban J connectivity index is 1.97. The molecule has 1 unspecified atom stereocenters. The van der Waals surface area contributed by atoms with Gasteiger partial charge in [-0.2, -0.15) is 0 Å². The second-order valence-corrected chi connectivity index (χ2v) is 5.57. The summed E-state index contributed by atoms with van der Waals surface area (Å²) >= 11 is 3.53. The Hall–Kier alpha value is -1.13. The molecule has 1 aliphatic rings. The third-order valence-corrected chi connectivity index (χ3v) is 4.17. The number of hydrogen-bond donors (Lipinski definition) is 1. The van der Waals surface area contributed by atoms with E-state index in [9.17, 15) is 0 Å². The van der Waals surface area contributed by atoms with Crippen molar-refractivity contribution in [2.24, 2.45) is 11.7 Å². The van der Waals surface area contributed by atoms with E-state index in [0.717, 1.165) is 47.3 Å². The van der Waals surface area contributed by atoms with E-state index < -0.39 is 0 Å². The number of fused-ring (bicyclic) bond motifs is 1. The van der Waals surface area contributed by atoms with Crippen LogP contribution < -0.4 is 5.73 Å². The van der Waals surface area contributed by atoms with Crippen LogP contribution in [0.15, 0.2) is 33.2 Å². The molecule has 1 atom stereocenters. The first-order chi connectivity index (χ1) is 8.78. The summed E-state index contributed by atoms with van der Waals surface area (Å²) in [7, 11) is 0. The average molecular weight is 307 g/mol. The lowest BCUT2D eigenvalue weighted by molar-refractivity contribution is 0.413. The Kier molecular flexibility index (Phi) is 3.22. The minimum absolute atomic E-state index is 0.551. The molecule has 0 saturated carbocycles. The van der Waals surface area contributed by atoms with Gasteiger partial charge in [0.15, 0.2) is 0 Å². The van der Waals surface area contributed by atoms with Crippen LogP contribution in [0.5, 0.6) is 0 Å². The van der Waals surface area contributed by atoms with E-state index in [4.69, 9.17) is 10.2 Å². The normalized spacial score (nSPS) is 18.7. The summed E-state index contributed by atoms with van der Waals surface area (Å²) in [6.45, 7) is 0.733. The van der Waals surface area contributed by atoms with Crippen molar-refractivity contribution >= 4 is 15.9 Å². The van der Waals surface area contributed by atoms with Gasteiger partial charge in [-0.3, -0.25) is 0 Å². The summed E-state index contributed by atoms with van der Waals surface area (Å²) in [5.74, 6) is 2.30. The molecule has 0 aliphatic heterocycles. The largest absolute Gasteiger partial charge is 0.441 e. The van der Waals surface area contributed by atoms with E-state index in [-0.39, 0.29) is 0 Å². The first-order valence-corrected chi connectivity index (χ1v) is 7.00. The lowest BCUT2D eigenvalue weighted by atomic mass is 9.90. The standard InChI is InChI=1S/C14H15BrN2O/c15-11-4-2-1-3-10(11)14-17-12-7-9(8-16)5-6-13(12)18-14/h1-4,9H,5-8,16H2. The van der Waals surface area contributed by atoms with E-state index >= 15 is 0 Å². The molecule has 2 N–H and O–H groups in total. The number of nitrogens with two attached hydrogens (primary N) is 1. The van der Waals surface area contributed by atoms with E-state index in [0.29, 0.717) is 11.8 Å². The molecule has 18 heavy (non-hydrogen) atoms. The van der Waals surface area contributed by atoms with Gasteiger partial charge in [0.1, 0.15) is 5.76 Å². The maximum Gasteiger partial charge on any atom is 0.227 e. The topological polar surface area (TPSA) is 52.0 Å². The number of benzene rings is 1. The van der Waals surface area contributed by atoms with Gasteiger partial charge in [-0.25, -0.2) is 4.98 Å². The first-order valence-electron chi connectivity index (χ1n) is 6.21. The molecule has 1 heterocycles. The highest BCUT2D eigenvalue weighted by Gasteiger charge is 2.23. The predicted molar refractivity (Wildman–Crippen MR) is 74.2 cm³/mol. The van der Waals surface area contributed by atoms with Gasteiger partial charge in [-0.05, 0) is 53.4 Å². The van der Waals surface area contributed by atoms with Crippen LogP contribution in [0.1, 0.15) is 17.9 Å². The quantitative estimate of drug-likeness (QED) is 0.927. The van der Waals surface area contributed by atoms with E-state index in [1.807, 2.05) is 24.3 Å². The summed E-state index contributed by atoms with van der Waals surface area (Å²) < 4.78 is 6.90. The summed E-state index contributed by atoms with van der Waals surface area (Å²) in [5, 5.41) is 0. The molecule has 0 spiro atoms. The van der Waals surface area contributed by atoms with Crippen LogP contribution in [-0.2, 0) is 12.8 Å². The zero-order valence-corrected chi connectivity index (χ0v) is 11.6. The third-order valence-electron chi connectivity index (χ3n) is 3.48. The molecule has 0 saturated heterocycles. The molecule has 3 nitrogen and oxygen atoms in total. The molecule has 3 rings (SSSR count). The number of aromatic nitrogens is 1. The fourth-order valence-corrected chi connectivity index (χ4v) is 2.85. The van der Waals surface area contributed by atoms with E-state index in [1.165, 1.54) is 0 Å². The zero-order valence-electron chi connectivity index (χ0n) is 10.0. The molecule has 0 bridgehead atoms. The van der Waals surface area contributed by atoms with Crippen molar-refractivity contribution < 1.29 is 4.42 Å². The lowest BCUT2D eigenvalue weighted by Gasteiger charge is -2.17. The highest BCUT2D eigenvalue weighted by atomic mass is 79.9. The highest BCUT2D eigenvalue weighted by Crippen LogP contribution is 2.32. The van der Waals surface area contributed by atoms with Crippen molar-refractivity contribution in [3.8, 4) is 11.5 Å². The number of rotatable bonds is 2. The Morgan fingerprint density at radius 3 is 3.00 bits per heavy atom. The number of aryl methyl sites for hydroxylation is 1. The fraction of sp³-hybridized carbons (Fsp3) is 0.357. The SMILES string of the molecule is NCC1CCc2oc(-c3ccccc3Br)nc2C1. The number of nitrogens with zero attached hydrogens (tertiary/aromatic N) is 1. The van der Waals surface area contributed by atoms with Gasteiger partial charge >= 0.3 is 0 Å². The van der Waals surface area contributed by atoms with Gasteiger partial charge in [0.25, 0.3) is 0 Å². The Bertz CT molecular complexity index is 565. The van der Waals surface area contributed by atoms with Crippen LogP contribution in [-0.4, -0.2) is 11.5 Å². The minimum Gasteiger partial charge on any atom is -0.441 e. The Labute approximate surface area is 115 Å². The molecule has 1 aromatic heterocycles. The number of hydrogen-bond acceptors (Lipinski definition) is 3.